The summed E-state index contributed by atoms with van der Waals surface area (Å²) in [5.74, 6) is -0.442. The van der Waals surface area contributed by atoms with Gasteiger partial charge in [0.2, 0.25) is 0 Å². The maximum atomic E-state index is 13.4. The van der Waals surface area contributed by atoms with Crippen molar-refractivity contribution in [3.8, 4) is 16.9 Å². The van der Waals surface area contributed by atoms with Crippen LogP contribution >= 0.6 is 47.2 Å². The number of amides is 1. The molecule has 0 atom stereocenters. The summed E-state index contributed by atoms with van der Waals surface area (Å²) in [5, 5.41) is 10.1. The Kier molecular flexibility index (Phi) is 9.68. The van der Waals surface area contributed by atoms with Gasteiger partial charge in [-0.05, 0) is 91.5 Å². The number of halogens is 2. The number of carboxylic acid groups (broad SMARTS) is 1. The van der Waals surface area contributed by atoms with Gasteiger partial charge in [0.15, 0.2) is 0 Å². The lowest BCUT2D eigenvalue weighted by Crippen LogP contribution is -2.30. The molecule has 0 radical (unpaired) electrons. The summed E-state index contributed by atoms with van der Waals surface area (Å²) in [5.41, 5.74) is 3.75. The van der Waals surface area contributed by atoms with E-state index in [9.17, 15) is 9.59 Å². The highest BCUT2D eigenvalue weighted by Crippen LogP contribution is 2.37. The van der Waals surface area contributed by atoms with Crippen LogP contribution in [0.3, 0.4) is 0 Å². The van der Waals surface area contributed by atoms with E-state index in [4.69, 9.17) is 45.3 Å². The number of thiocarbonyl (C=S) groups is 1. The van der Waals surface area contributed by atoms with Gasteiger partial charge in [-0.2, -0.15) is 0 Å². The van der Waals surface area contributed by atoms with Crippen molar-refractivity contribution >= 4 is 69.5 Å². The molecular formula is C31H28Cl2N2O4S2. The number of ether oxygens (including phenoxy) is 1. The zero-order valence-corrected chi connectivity index (χ0v) is 25.3. The Balaban J connectivity index is 1.36. The Labute approximate surface area is 258 Å². The molecule has 1 amide bonds. The highest BCUT2D eigenvalue weighted by atomic mass is 35.5. The molecule has 0 spiro atoms. The van der Waals surface area contributed by atoms with E-state index in [0.717, 1.165) is 41.9 Å². The third-order valence-corrected chi connectivity index (χ3v) is 9.23. The molecule has 1 N–H and O–H groups in total. The Morgan fingerprint density at radius 2 is 1.68 bits per heavy atom. The lowest BCUT2D eigenvalue weighted by molar-refractivity contribution is -0.122. The van der Waals surface area contributed by atoms with Gasteiger partial charge in [0.05, 0.1) is 20.5 Å². The fraction of sp³-hybridized carbons (Fsp3) is 0.258. The van der Waals surface area contributed by atoms with Crippen molar-refractivity contribution in [3.05, 3.63) is 92.3 Å². The lowest BCUT2D eigenvalue weighted by atomic mass is 10.0. The van der Waals surface area contributed by atoms with Crippen molar-refractivity contribution in [2.75, 3.05) is 32.8 Å². The Morgan fingerprint density at radius 1 is 0.976 bits per heavy atom. The van der Waals surface area contributed by atoms with Gasteiger partial charge in [0.25, 0.3) is 5.91 Å². The van der Waals surface area contributed by atoms with Crippen LogP contribution in [0, 0.1) is 0 Å². The maximum Gasteiger partial charge on any atom is 0.335 e. The molecule has 3 aromatic carbocycles. The summed E-state index contributed by atoms with van der Waals surface area (Å²) in [6.07, 6.45) is 4.84. The smallest absolute Gasteiger partial charge is 0.335 e. The van der Waals surface area contributed by atoms with E-state index in [1.54, 1.807) is 35.2 Å². The highest BCUT2D eigenvalue weighted by Gasteiger charge is 2.32. The van der Waals surface area contributed by atoms with Crippen molar-refractivity contribution in [2.45, 2.75) is 19.3 Å². The van der Waals surface area contributed by atoms with E-state index in [2.05, 4.69) is 4.90 Å². The summed E-state index contributed by atoms with van der Waals surface area (Å²) in [6.45, 7) is 3.99. The minimum Gasteiger partial charge on any atom is -0.492 e. The van der Waals surface area contributed by atoms with Crippen molar-refractivity contribution in [1.29, 1.82) is 0 Å². The minimum absolute atomic E-state index is 0.162. The topological polar surface area (TPSA) is 70.1 Å². The second kappa shape index (κ2) is 13.4. The minimum atomic E-state index is -0.971. The van der Waals surface area contributed by atoms with Crippen LogP contribution in [0.1, 0.15) is 34.3 Å². The molecule has 0 unspecified atom stereocenters. The zero-order chi connectivity index (χ0) is 28.9. The normalized spacial score (nSPS) is 16.6. The number of hydrogen-bond acceptors (Lipinski definition) is 6. The summed E-state index contributed by atoms with van der Waals surface area (Å²) < 4.78 is 6.71. The molecule has 3 aromatic rings. The van der Waals surface area contributed by atoms with Crippen LogP contribution in [0.2, 0.25) is 10.0 Å². The third-order valence-electron chi connectivity index (χ3n) is 7.11. The van der Waals surface area contributed by atoms with Crippen LogP contribution in [0.5, 0.6) is 5.75 Å². The molecular weight excluding hydrogens is 599 g/mol. The van der Waals surface area contributed by atoms with Gasteiger partial charge >= 0.3 is 5.97 Å². The van der Waals surface area contributed by atoms with E-state index in [0.29, 0.717) is 44.6 Å². The monoisotopic (exact) mass is 626 g/mol. The van der Waals surface area contributed by atoms with Gasteiger partial charge < -0.3 is 9.84 Å². The molecule has 2 aliphatic rings. The van der Waals surface area contributed by atoms with Crippen LogP contribution < -0.4 is 4.74 Å². The second-order valence-corrected chi connectivity index (χ2v) is 12.4. The number of carbonyl (C=O) groups excluding carboxylic acids is 1. The third kappa shape index (κ3) is 7.31. The van der Waals surface area contributed by atoms with Gasteiger partial charge in [-0.15, -0.1) is 0 Å². The second-order valence-electron chi connectivity index (χ2n) is 9.86. The summed E-state index contributed by atoms with van der Waals surface area (Å²) in [4.78, 5) is 29.0. The molecule has 0 aliphatic carbocycles. The number of carboxylic acids is 1. The number of carbonyl (C=O) groups is 2. The number of nitrogens with zero attached hydrogens (tertiary/aromatic N) is 2. The predicted molar refractivity (Wildman–Crippen MR) is 170 cm³/mol. The lowest BCUT2D eigenvalue weighted by Gasteiger charge is -2.17. The highest BCUT2D eigenvalue weighted by molar-refractivity contribution is 8.26. The number of aromatic carboxylic acids is 1. The Bertz CT molecular complexity index is 1500. The van der Waals surface area contributed by atoms with Gasteiger partial charge in [-0.25, -0.2) is 4.79 Å². The van der Waals surface area contributed by atoms with Gasteiger partial charge in [-0.3, -0.25) is 14.6 Å². The molecule has 6 nitrogen and oxygen atoms in total. The van der Waals surface area contributed by atoms with Crippen molar-refractivity contribution < 1.29 is 19.4 Å². The van der Waals surface area contributed by atoms with Crippen LogP contribution in [0.4, 0.5) is 0 Å². The average Bonchev–Trinajstić information content (AvgIpc) is 3.57. The SMILES string of the molecule is O=C(O)c1ccc(CCN2C(=O)/C(=C/c3cc(-c4ccc(Cl)c(Cl)c4)ccc3OCCN3CCCC3)SC2=S)cc1. The largest absolute Gasteiger partial charge is 0.492 e. The molecule has 0 bridgehead atoms. The first-order valence-corrected chi connectivity index (χ1v) is 15.3. The van der Waals surface area contributed by atoms with E-state index >= 15 is 0 Å². The molecule has 0 aromatic heterocycles. The van der Waals surface area contributed by atoms with Crippen LogP contribution in [0.25, 0.3) is 17.2 Å². The molecule has 5 rings (SSSR count). The zero-order valence-electron chi connectivity index (χ0n) is 22.1. The van der Waals surface area contributed by atoms with Crippen LogP contribution in [0.15, 0.2) is 65.6 Å². The standard InChI is InChI=1S/C31H28Cl2N2O4S2/c32-25-9-7-23(18-26(25)33)22-8-10-27(39-16-15-34-12-1-2-13-34)24(17-22)19-28-29(36)35(31(40)41-28)14-11-20-3-5-21(6-4-20)30(37)38/h3-10,17-19H,1-2,11-16H2,(H,37,38)/b28-19-. The maximum absolute atomic E-state index is 13.4. The summed E-state index contributed by atoms with van der Waals surface area (Å²) in [7, 11) is 0. The molecule has 2 saturated heterocycles. The first-order chi connectivity index (χ1) is 19.8. The predicted octanol–water partition coefficient (Wildman–Crippen LogP) is 7.28. The van der Waals surface area contributed by atoms with E-state index in [1.165, 1.54) is 24.6 Å². The van der Waals surface area contributed by atoms with Gasteiger partial charge in [-0.1, -0.05) is 71.4 Å². The van der Waals surface area contributed by atoms with Crippen LogP contribution in [-0.4, -0.2) is 63.9 Å². The number of likely N-dealkylation sites (tertiary alicyclic amines) is 1. The molecule has 212 valence electrons. The number of hydrogen-bond donors (Lipinski definition) is 1. The number of rotatable bonds is 10. The van der Waals surface area contributed by atoms with E-state index in [-0.39, 0.29) is 11.5 Å². The van der Waals surface area contributed by atoms with Crippen molar-refractivity contribution in [1.82, 2.24) is 9.80 Å². The average molecular weight is 628 g/mol. The van der Waals surface area contributed by atoms with E-state index < -0.39 is 5.97 Å². The first kappa shape index (κ1) is 29.6. The number of benzene rings is 3. The van der Waals surface area contributed by atoms with Crippen molar-refractivity contribution in [2.24, 2.45) is 0 Å². The molecule has 2 aliphatic heterocycles. The molecule has 10 heteroatoms. The quantitative estimate of drug-likeness (QED) is 0.187. The molecule has 0 saturated carbocycles. The summed E-state index contributed by atoms with van der Waals surface area (Å²) in [6, 6.07) is 18.0. The molecule has 2 heterocycles. The fourth-order valence-electron chi connectivity index (χ4n) is 4.83. The fourth-order valence-corrected chi connectivity index (χ4v) is 6.43. The van der Waals surface area contributed by atoms with Gasteiger partial charge in [0.1, 0.15) is 16.7 Å². The van der Waals surface area contributed by atoms with E-state index in [1.807, 2.05) is 36.4 Å². The molecule has 41 heavy (non-hydrogen) atoms. The van der Waals surface area contributed by atoms with Crippen molar-refractivity contribution in [3.63, 3.8) is 0 Å². The molecule has 2 fully saturated rings. The van der Waals surface area contributed by atoms with Crippen LogP contribution in [-0.2, 0) is 11.2 Å². The summed E-state index contributed by atoms with van der Waals surface area (Å²) >= 11 is 19.2. The Hall–Kier alpha value is -2.88. The Morgan fingerprint density at radius 3 is 2.39 bits per heavy atom. The first-order valence-electron chi connectivity index (χ1n) is 13.3. The number of thioether (sulfide) groups is 1. The van der Waals surface area contributed by atoms with Gasteiger partial charge in [0, 0.05) is 18.7 Å².